The second-order valence-electron chi connectivity index (χ2n) is 7.50. The number of hydrogen-bond acceptors (Lipinski definition) is 5. The quantitative estimate of drug-likeness (QED) is 0.452. The zero-order valence-electron chi connectivity index (χ0n) is 18.0. The number of benzene rings is 2. The van der Waals surface area contributed by atoms with Gasteiger partial charge in [0.1, 0.15) is 0 Å². The molecule has 1 N–H and O–H groups in total. The Labute approximate surface area is 180 Å². The summed E-state index contributed by atoms with van der Waals surface area (Å²) < 4.78 is 6.86. The van der Waals surface area contributed by atoms with Gasteiger partial charge >= 0.3 is 0 Å². The van der Waals surface area contributed by atoms with Gasteiger partial charge in [0.05, 0.1) is 29.3 Å². The molecule has 0 aliphatic carbocycles. The molecule has 3 aromatic rings. The largest absolute Gasteiger partial charge is 0.383 e. The summed E-state index contributed by atoms with van der Waals surface area (Å²) in [5.74, 6) is 0.0143. The number of thioether (sulfide) groups is 1. The predicted octanol–water partition coefficient (Wildman–Crippen LogP) is 4.26. The molecule has 0 fully saturated rings. The van der Waals surface area contributed by atoms with Crippen LogP contribution in [0, 0.1) is 20.8 Å². The van der Waals surface area contributed by atoms with Crippen molar-refractivity contribution in [3.63, 3.8) is 0 Å². The number of ether oxygens (including phenoxy) is 1. The van der Waals surface area contributed by atoms with Gasteiger partial charge in [0.25, 0.3) is 5.56 Å². The van der Waals surface area contributed by atoms with Crippen molar-refractivity contribution in [2.75, 3.05) is 24.8 Å². The van der Waals surface area contributed by atoms with Gasteiger partial charge in [-0.3, -0.25) is 14.2 Å². The number of aromatic nitrogens is 2. The van der Waals surface area contributed by atoms with Crippen LogP contribution in [0.5, 0.6) is 0 Å². The molecule has 0 aliphatic rings. The van der Waals surface area contributed by atoms with Crippen LogP contribution in [0.15, 0.2) is 46.3 Å². The maximum absolute atomic E-state index is 13.1. The zero-order chi connectivity index (χ0) is 21.8. The monoisotopic (exact) mass is 425 g/mol. The summed E-state index contributed by atoms with van der Waals surface area (Å²) in [6, 6.07) is 11.1. The highest BCUT2D eigenvalue weighted by Gasteiger charge is 2.18. The normalized spacial score (nSPS) is 12.2. The number of nitrogens with zero attached hydrogens (tertiary/aromatic N) is 2. The third kappa shape index (κ3) is 4.74. The number of nitrogens with one attached hydrogen (secondary N) is 1. The highest BCUT2D eigenvalue weighted by Crippen LogP contribution is 2.24. The number of carbonyl (C=O) groups excluding carboxylic acids is 1. The van der Waals surface area contributed by atoms with Crippen molar-refractivity contribution < 1.29 is 9.53 Å². The summed E-state index contributed by atoms with van der Waals surface area (Å²) in [4.78, 5) is 30.4. The van der Waals surface area contributed by atoms with Crippen LogP contribution in [0.3, 0.4) is 0 Å². The molecule has 0 saturated carbocycles. The van der Waals surface area contributed by atoms with E-state index in [1.54, 1.807) is 17.7 Å². The van der Waals surface area contributed by atoms with Gasteiger partial charge in [0, 0.05) is 12.8 Å². The van der Waals surface area contributed by atoms with Crippen LogP contribution in [-0.4, -0.2) is 34.9 Å². The van der Waals surface area contributed by atoms with E-state index >= 15 is 0 Å². The Morgan fingerprint density at radius 3 is 2.53 bits per heavy atom. The van der Waals surface area contributed by atoms with Gasteiger partial charge < -0.3 is 10.1 Å². The SMILES string of the molecule is COC[C@@H](C)n1c(SCC(=O)Nc2c(C)cc(C)cc2C)nc2ccccc2c1=O. The molecular weight excluding hydrogens is 398 g/mol. The van der Waals surface area contributed by atoms with Crippen molar-refractivity contribution in [3.05, 3.63) is 63.4 Å². The van der Waals surface area contributed by atoms with Crippen LogP contribution >= 0.6 is 11.8 Å². The van der Waals surface area contributed by atoms with E-state index < -0.39 is 0 Å². The second-order valence-corrected chi connectivity index (χ2v) is 8.44. The minimum absolute atomic E-state index is 0.127. The maximum Gasteiger partial charge on any atom is 0.262 e. The van der Waals surface area contributed by atoms with Crippen LogP contribution in [0.2, 0.25) is 0 Å². The molecule has 1 amide bonds. The summed E-state index contributed by atoms with van der Waals surface area (Å²) in [5, 5.41) is 4.07. The van der Waals surface area contributed by atoms with Crippen LogP contribution < -0.4 is 10.9 Å². The van der Waals surface area contributed by atoms with Crippen molar-refractivity contribution in [2.24, 2.45) is 0 Å². The van der Waals surface area contributed by atoms with Gasteiger partial charge in [-0.05, 0) is 51.0 Å². The van der Waals surface area contributed by atoms with Gasteiger partial charge in [0.2, 0.25) is 5.91 Å². The Bertz CT molecular complexity index is 1120. The molecule has 3 rings (SSSR count). The number of anilines is 1. The van der Waals surface area contributed by atoms with Gasteiger partial charge in [-0.15, -0.1) is 0 Å². The minimum Gasteiger partial charge on any atom is -0.383 e. The van der Waals surface area contributed by atoms with E-state index in [0.717, 1.165) is 22.4 Å². The van der Waals surface area contributed by atoms with Crippen LogP contribution in [0.1, 0.15) is 29.7 Å². The molecule has 1 atom stereocenters. The number of hydrogen-bond donors (Lipinski definition) is 1. The fourth-order valence-corrected chi connectivity index (χ4v) is 4.51. The molecule has 0 radical (unpaired) electrons. The van der Waals surface area contributed by atoms with E-state index in [1.165, 1.54) is 11.8 Å². The van der Waals surface area contributed by atoms with Crippen molar-refractivity contribution in [1.82, 2.24) is 9.55 Å². The van der Waals surface area contributed by atoms with Gasteiger partial charge in [-0.25, -0.2) is 4.98 Å². The first-order chi connectivity index (χ1) is 14.3. The number of amides is 1. The minimum atomic E-state index is -0.202. The molecule has 30 heavy (non-hydrogen) atoms. The van der Waals surface area contributed by atoms with E-state index in [1.807, 2.05) is 58.0 Å². The maximum atomic E-state index is 13.1. The molecule has 158 valence electrons. The lowest BCUT2D eigenvalue weighted by atomic mass is 10.1. The van der Waals surface area contributed by atoms with E-state index in [0.29, 0.717) is 22.7 Å². The number of rotatable bonds is 7. The fourth-order valence-electron chi connectivity index (χ4n) is 3.61. The van der Waals surface area contributed by atoms with Crippen molar-refractivity contribution in [1.29, 1.82) is 0 Å². The summed E-state index contributed by atoms with van der Waals surface area (Å²) in [7, 11) is 1.60. The Balaban J connectivity index is 1.87. The standard InChI is InChI=1S/C23H27N3O3S/c1-14-10-15(2)21(16(3)11-14)25-20(27)13-30-23-24-19-9-7-6-8-18(19)22(28)26(23)17(4)12-29-5/h6-11,17H,12-13H2,1-5H3,(H,25,27)/t17-/m1/s1. The molecule has 0 spiro atoms. The van der Waals surface area contributed by atoms with E-state index in [9.17, 15) is 9.59 Å². The van der Waals surface area contributed by atoms with Gasteiger partial charge in [-0.2, -0.15) is 0 Å². The number of carbonyl (C=O) groups is 1. The van der Waals surface area contributed by atoms with Crippen molar-refractivity contribution in [2.45, 2.75) is 38.9 Å². The van der Waals surface area contributed by atoms with Crippen molar-refractivity contribution >= 4 is 34.3 Å². The summed E-state index contributed by atoms with van der Waals surface area (Å²) in [5.41, 5.74) is 4.55. The first-order valence-electron chi connectivity index (χ1n) is 9.82. The van der Waals surface area contributed by atoms with Crippen LogP contribution in [0.25, 0.3) is 10.9 Å². The molecule has 6 nitrogen and oxygen atoms in total. The first-order valence-corrected chi connectivity index (χ1v) is 10.8. The lowest BCUT2D eigenvalue weighted by molar-refractivity contribution is -0.113. The lowest BCUT2D eigenvalue weighted by Gasteiger charge is -2.19. The smallest absolute Gasteiger partial charge is 0.262 e. The van der Waals surface area contributed by atoms with Crippen molar-refractivity contribution in [3.8, 4) is 0 Å². The molecule has 0 unspecified atom stereocenters. The first kappa shape index (κ1) is 22.1. The third-order valence-corrected chi connectivity index (χ3v) is 5.85. The average Bonchev–Trinajstić information content (AvgIpc) is 2.69. The second kappa shape index (κ2) is 9.45. The van der Waals surface area contributed by atoms with Crippen LogP contribution in [0.4, 0.5) is 5.69 Å². The summed E-state index contributed by atoms with van der Waals surface area (Å²) in [6.45, 7) is 8.29. The van der Waals surface area contributed by atoms with E-state index in [4.69, 9.17) is 4.74 Å². The van der Waals surface area contributed by atoms with E-state index in [-0.39, 0.29) is 23.3 Å². The molecule has 0 aliphatic heterocycles. The van der Waals surface area contributed by atoms with Gasteiger partial charge in [0.15, 0.2) is 5.16 Å². The Morgan fingerprint density at radius 2 is 1.87 bits per heavy atom. The highest BCUT2D eigenvalue weighted by molar-refractivity contribution is 7.99. The summed E-state index contributed by atoms with van der Waals surface area (Å²) in [6.07, 6.45) is 0. The Hall–Kier alpha value is -2.64. The molecule has 7 heteroatoms. The number of methoxy groups -OCH3 is 1. The molecular formula is C23H27N3O3S. The summed E-state index contributed by atoms with van der Waals surface area (Å²) >= 11 is 1.26. The Morgan fingerprint density at radius 1 is 1.20 bits per heavy atom. The molecule has 1 heterocycles. The third-order valence-electron chi connectivity index (χ3n) is 4.90. The molecule has 1 aromatic heterocycles. The zero-order valence-corrected chi connectivity index (χ0v) is 18.8. The highest BCUT2D eigenvalue weighted by atomic mass is 32.2. The molecule has 0 saturated heterocycles. The lowest BCUT2D eigenvalue weighted by Crippen LogP contribution is -2.29. The Kier molecular flexibility index (Phi) is 6.95. The topological polar surface area (TPSA) is 73.2 Å². The molecule has 0 bridgehead atoms. The van der Waals surface area contributed by atoms with E-state index in [2.05, 4.69) is 10.3 Å². The number of fused-ring (bicyclic) bond motifs is 1. The predicted molar refractivity (Wildman–Crippen MR) is 123 cm³/mol. The molecule has 2 aromatic carbocycles. The number of aryl methyl sites for hydroxylation is 3. The average molecular weight is 426 g/mol. The van der Waals surface area contributed by atoms with Crippen LogP contribution in [-0.2, 0) is 9.53 Å². The number of para-hydroxylation sites is 1. The fraction of sp³-hybridized carbons (Fsp3) is 0.348. The van der Waals surface area contributed by atoms with Gasteiger partial charge in [-0.1, -0.05) is 41.6 Å².